The molecule has 0 aliphatic carbocycles. The van der Waals surface area contributed by atoms with Crippen LogP contribution in [-0.2, 0) is 4.74 Å². The minimum atomic E-state index is -0.314. The zero-order valence-electron chi connectivity index (χ0n) is 7.90. The van der Waals surface area contributed by atoms with E-state index in [1.807, 2.05) is 30.3 Å². The van der Waals surface area contributed by atoms with Crippen molar-refractivity contribution in [3.63, 3.8) is 0 Å². The fraction of sp³-hybridized carbons (Fsp3) is 0.364. The first kappa shape index (κ1) is 9.37. The normalized spacial score (nSPS) is 21.9. The van der Waals surface area contributed by atoms with E-state index in [4.69, 9.17) is 4.74 Å². The second-order valence-electron chi connectivity index (χ2n) is 3.29. The lowest BCUT2D eigenvalue weighted by atomic mass is 10.1. The van der Waals surface area contributed by atoms with Crippen LogP contribution >= 0.6 is 0 Å². The third kappa shape index (κ3) is 2.00. The maximum Gasteiger partial charge on any atom is 0.192 e. The van der Waals surface area contributed by atoms with E-state index in [-0.39, 0.29) is 11.9 Å². The van der Waals surface area contributed by atoms with Crippen LogP contribution in [0.1, 0.15) is 10.4 Å². The highest BCUT2D eigenvalue weighted by atomic mass is 16.5. The Bertz CT molecular complexity index is 304. The van der Waals surface area contributed by atoms with Crippen LogP contribution in [0, 0.1) is 0 Å². The molecule has 74 valence electrons. The highest BCUT2D eigenvalue weighted by Crippen LogP contribution is 2.07. The van der Waals surface area contributed by atoms with Gasteiger partial charge in [-0.3, -0.25) is 4.79 Å². The number of hydrogen-bond donors (Lipinski definition) is 1. The smallest absolute Gasteiger partial charge is 0.192 e. The zero-order chi connectivity index (χ0) is 9.80. The summed E-state index contributed by atoms with van der Waals surface area (Å²) in [6, 6.07) is 9.27. The molecule has 0 amide bonds. The van der Waals surface area contributed by atoms with Gasteiger partial charge in [0.1, 0.15) is 6.10 Å². The van der Waals surface area contributed by atoms with Crippen molar-refractivity contribution >= 4 is 5.78 Å². The summed E-state index contributed by atoms with van der Waals surface area (Å²) in [7, 11) is 0. The third-order valence-electron chi connectivity index (χ3n) is 2.28. The summed E-state index contributed by atoms with van der Waals surface area (Å²) in [5, 5.41) is 3.14. The summed E-state index contributed by atoms with van der Waals surface area (Å²) in [6.07, 6.45) is -0.314. The van der Waals surface area contributed by atoms with Crippen molar-refractivity contribution in [2.75, 3.05) is 19.7 Å². The monoisotopic (exact) mass is 191 g/mol. The van der Waals surface area contributed by atoms with Gasteiger partial charge in [0, 0.05) is 18.7 Å². The number of carbonyl (C=O) groups excluding carboxylic acids is 1. The minimum Gasteiger partial charge on any atom is -0.367 e. The average molecular weight is 191 g/mol. The van der Waals surface area contributed by atoms with Crippen LogP contribution in [0.4, 0.5) is 0 Å². The van der Waals surface area contributed by atoms with Gasteiger partial charge in [0.05, 0.1) is 6.61 Å². The predicted octanol–water partition coefficient (Wildman–Crippen LogP) is 0.858. The molecule has 1 aliphatic heterocycles. The van der Waals surface area contributed by atoms with Gasteiger partial charge in [-0.1, -0.05) is 30.3 Å². The van der Waals surface area contributed by atoms with Gasteiger partial charge in [-0.25, -0.2) is 0 Å². The van der Waals surface area contributed by atoms with Gasteiger partial charge in [0.25, 0.3) is 0 Å². The molecule has 0 aromatic heterocycles. The molecule has 3 heteroatoms. The Morgan fingerprint density at radius 2 is 2.14 bits per heavy atom. The SMILES string of the molecule is O=C(c1ccccc1)[C@@H]1CNCCO1. The summed E-state index contributed by atoms with van der Waals surface area (Å²) in [6.45, 7) is 2.07. The van der Waals surface area contributed by atoms with Crippen molar-refractivity contribution in [2.45, 2.75) is 6.10 Å². The molecule has 0 bridgehead atoms. The maximum atomic E-state index is 11.8. The number of Topliss-reactive ketones (excluding diaryl/α,β-unsaturated/α-hetero) is 1. The van der Waals surface area contributed by atoms with Crippen LogP contribution in [0.2, 0.25) is 0 Å². The summed E-state index contributed by atoms with van der Waals surface area (Å²) in [4.78, 5) is 11.8. The average Bonchev–Trinajstić information content (AvgIpc) is 2.30. The number of rotatable bonds is 2. The summed E-state index contributed by atoms with van der Waals surface area (Å²) in [5.41, 5.74) is 0.723. The van der Waals surface area contributed by atoms with Crippen molar-refractivity contribution in [1.82, 2.24) is 5.32 Å². The second kappa shape index (κ2) is 4.35. The summed E-state index contributed by atoms with van der Waals surface area (Å²) >= 11 is 0. The number of benzene rings is 1. The van der Waals surface area contributed by atoms with Crippen LogP contribution < -0.4 is 5.32 Å². The highest BCUT2D eigenvalue weighted by molar-refractivity contribution is 5.99. The molecule has 1 heterocycles. The molecule has 0 unspecified atom stereocenters. The first-order valence-electron chi connectivity index (χ1n) is 4.79. The van der Waals surface area contributed by atoms with E-state index in [2.05, 4.69) is 5.32 Å². The quantitative estimate of drug-likeness (QED) is 0.704. The molecule has 0 saturated carbocycles. The summed E-state index contributed by atoms with van der Waals surface area (Å²) in [5.74, 6) is 0.0674. The molecular weight excluding hydrogens is 178 g/mol. The van der Waals surface area contributed by atoms with E-state index in [1.165, 1.54) is 0 Å². The van der Waals surface area contributed by atoms with E-state index in [0.717, 1.165) is 12.1 Å². The zero-order valence-corrected chi connectivity index (χ0v) is 7.90. The van der Waals surface area contributed by atoms with Gasteiger partial charge in [0.15, 0.2) is 5.78 Å². The molecule has 1 aromatic carbocycles. The fourth-order valence-electron chi connectivity index (χ4n) is 1.52. The number of nitrogens with one attached hydrogen (secondary N) is 1. The number of carbonyl (C=O) groups is 1. The largest absolute Gasteiger partial charge is 0.367 e. The first-order chi connectivity index (χ1) is 6.88. The van der Waals surface area contributed by atoms with Gasteiger partial charge in [-0.2, -0.15) is 0 Å². The number of ketones is 1. The van der Waals surface area contributed by atoms with Crippen LogP contribution in [0.15, 0.2) is 30.3 Å². The predicted molar refractivity (Wildman–Crippen MR) is 53.4 cm³/mol. The number of ether oxygens (including phenoxy) is 1. The lowest BCUT2D eigenvalue weighted by Crippen LogP contribution is -2.43. The summed E-state index contributed by atoms with van der Waals surface area (Å²) < 4.78 is 5.38. The molecule has 1 aliphatic rings. The molecule has 1 aromatic rings. The molecular formula is C11H13NO2. The highest BCUT2D eigenvalue weighted by Gasteiger charge is 2.22. The second-order valence-corrected chi connectivity index (χ2v) is 3.29. The van der Waals surface area contributed by atoms with Gasteiger partial charge < -0.3 is 10.1 Å². The van der Waals surface area contributed by atoms with Gasteiger partial charge >= 0.3 is 0 Å². The van der Waals surface area contributed by atoms with E-state index in [1.54, 1.807) is 0 Å². The Kier molecular flexibility index (Phi) is 2.91. The molecule has 2 rings (SSSR count). The standard InChI is InChI=1S/C11H13NO2/c13-11(9-4-2-1-3-5-9)10-8-12-6-7-14-10/h1-5,10,12H,6-8H2/t10-/m0/s1. The molecule has 3 nitrogen and oxygen atoms in total. The fourth-order valence-corrected chi connectivity index (χ4v) is 1.52. The Morgan fingerprint density at radius 1 is 1.36 bits per heavy atom. The van der Waals surface area contributed by atoms with Crippen molar-refractivity contribution < 1.29 is 9.53 Å². The minimum absolute atomic E-state index is 0.0674. The Morgan fingerprint density at radius 3 is 2.79 bits per heavy atom. The third-order valence-corrected chi connectivity index (χ3v) is 2.28. The van der Waals surface area contributed by atoms with Crippen molar-refractivity contribution in [2.24, 2.45) is 0 Å². The van der Waals surface area contributed by atoms with E-state index in [9.17, 15) is 4.79 Å². The van der Waals surface area contributed by atoms with Gasteiger partial charge in [0.2, 0.25) is 0 Å². The van der Waals surface area contributed by atoms with Crippen LogP contribution in [0.5, 0.6) is 0 Å². The van der Waals surface area contributed by atoms with Crippen molar-refractivity contribution in [1.29, 1.82) is 0 Å². The van der Waals surface area contributed by atoms with Crippen molar-refractivity contribution in [3.05, 3.63) is 35.9 Å². The topological polar surface area (TPSA) is 38.3 Å². The van der Waals surface area contributed by atoms with Gasteiger partial charge in [-0.15, -0.1) is 0 Å². The molecule has 1 N–H and O–H groups in total. The van der Waals surface area contributed by atoms with E-state index < -0.39 is 0 Å². The molecule has 1 fully saturated rings. The van der Waals surface area contributed by atoms with E-state index >= 15 is 0 Å². The maximum absolute atomic E-state index is 11.8. The molecule has 14 heavy (non-hydrogen) atoms. The van der Waals surface area contributed by atoms with Gasteiger partial charge in [-0.05, 0) is 0 Å². The van der Waals surface area contributed by atoms with Crippen LogP contribution in [0.25, 0.3) is 0 Å². The van der Waals surface area contributed by atoms with Crippen molar-refractivity contribution in [3.8, 4) is 0 Å². The Labute approximate surface area is 83.1 Å². The Hall–Kier alpha value is -1.19. The van der Waals surface area contributed by atoms with E-state index in [0.29, 0.717) is 13.2 Å². The lowest BCUT2D eigenvalue weighted by Gasteiger charge is -2.22. The Balaban J connectivity index is 2.07. The molecule has 1 saturated heterocycles. The molecule has 1 atom stereocenters. The molecule has 0 spiro atoms. The first-order valence-corrected chi connectivity index (χ1v) is 4.79. The van der Waals surface area contributed by atoms with Crippen LogP contribution in [-0.4, -0.2) is 31.6 Å². The number of morpholine rings is 1. The van der Waals surface area contributed by atoms with Crippen LogP contribution in [0.3, 0.4) is 0 Å². The number of hydrogen-bond acceptors (Lipinski definition) is 3. The molecule has 0 radical (unpaired) electrons. The lowest BCUT2D eigenvalue weighted by molar-refractivity contribution is 0.0269.